The van der Waals surface area contributed by atoms with Gasteiger partial charge >= 0.3 is 0 Å². The number of thioether (sulfide) groups is 1. The fourth-order valence-electron chi connectivity index (χ4n) is 2.40. The zero-order valence-corrected chi connectivity index (χ0v) is 13.6. The summed E-state index contributed by atoms with van der Waals surface area (Å²) in [5.74, 6) is 6.58. The molecule has 112 valence electrons. The number of rotatable bonds is 1. The van der Waals surface area contributed by atoms with Gasteiger partial charge < -0.3 is 10.0 Å². The number of hydrogen-bond acceptors (Lipinski definition) is 3. The molecule has 1 aromatic rings. The van der Waals surface area contributed by atoms with Crippen LogP contribution in [-0.2, 0) is 0 Å². The molecule has 1 amide bonds. The molecule has 1 N–H and O–H groups in total. The monoisotopic (exact) mass is 303 g/mol. The second-order valence-corrected chi connectivity index (χ2v) is 7.63. The first-order valence-corrected chi connectivity index (χ1v) is 8.05. The smallest absolute Gasteiger partial charge is 0.253 e. The Morgan fingerprint density at radius 2 is 2.24 bits per heavy atom. The van der Waals surface area contributed by atoms with Crippen LogP contribution in [0.5, 0.6) is 0 Å². The zero-order chi connectivity index (χ0) is 15.5. The third-order valence-electron chi connectivity index (χ3n) is 3.50. The molecule has 0 radical (unpaired) electrons. The molecule has 1 aromatic carbocycles. The second kappa shape index (κ2) is 6.55. The lowest BCUT2D eigenvalue weighted by Crippen LogP contribution is -2.46. The molecular formula is C17H21NO2S. The molecule has 4 heteroatoms. The summed E-state index contributed by atoms with van der Waals surface area (Å²) in [6, 6.07) is 5.60. The Bertz CT molecular complexity index is 599. The highest BCUT2D eigenvalue weighted by atomic mass is 32.2. The first-order chi connectivity index (χ1) is 9.93. The fraction of sp³-hybridized carbons (Fsp3) is 0.471. The summed E-state index contributed by atoms with van der Waals surface area (Å²) in [5.41, 5.74) is 2.49. The van der Waals surface area contributed by atoms with Crippen LogP contribution < -0.4 is 0 Å². The standard InChI is InChI=1S/C17H21NO2S/c1-13-6-7-15(11-14(13)5-4-9-19)16(20)18-8-10-21-17(2,3)12-18/h6-7,11,19H,8-10,12H2,1-3H3. The van der Waals surface area contributed by atoms with Gasteiger partial charge in [-0.2, -0.15) is 11.8 Å². The number of benzene rings is 1. The molecule has 1 heterocycles. The number of hydrogen-bond donors (Lipinski definition) is 1. The zero-order valence-electron chi connectivity index (χ0n) is 12.8. The van der Waals surface area contributed by atoms with Crippen molar-refractivity contribution < 1.29 is 9.90 Å². The summed E-state index contributed by atoms with van der Waals surface area (Å²) < 4.78 is 0.109. The Balaban J connectivity index is 2.23. The minimum atomic E-state index is -0.171. The van der Waals surface area contributed by atoms with Gasteiger partial charge in [-0.1, -0.05) is 17.9 Å². The molecule has 0 unspecified atom stereocenters. The van der Waals surface area contributed by atoms with Crippen molar-refractivity contribution in [2.75, 3.05) is 25.4 Å². The van der Waals surface area contributed by atoms with E-state index in [1.54, 1.807) is 0 Å². The molecule has 0 atom stereocenters. The minimum absolute atomic E-state index is 0.0652. The van der Waals surface area contributed by atoms with Crippen molar-refractivity contribution in [3.05, 3.63) is 34.9 Å². The normalized spacial score (nSPS) is 17.0. The Labute approximate surface area is 130 Å². The average molecular weight is 303 g/mol. The highest BCUT2D eigenvalue weighted by Gasteiger charge is 2.30. The third kappa shape index (κ3) is 4.03. The number of aliphatic hydroxyl groups is 1. The number of amides is 1. The van der Waals surface area contributed by atoms with Crippen LogP contribution in [0.1, 0.15) is 35.3 Å². The van der Waals surface area contributed by atoms with Gasteiger partial charge in [0.1, 0.15) is 6.61 Å². The summed E-state index contributed by atoms with van der Waals surface area (Å²) in [6.07, 6.45) is 0. The maximum absolute atomic E-state index is 12.6. The molecule has 0 saturated carbocycles. The van der Waals surface area contributed by atoms with Gasteiger partial charge in [0.25, 0.3) is 5.91 Å². The molecule has 0 aliphatic carbocycles. The van der Waals surface area contributed by atoms with Crippen molar-refractivity contribution in [2.24, 2.45) is 0 Å². The van der Waals surface area contributed by atoms with Gasteiger partial charge in [-0.25, -0.2) is 0 Å². The molecule has 0 spiro atoms. The van der Waals surface area contributed by atoms with Crippen molar-refractivity contribution in [1.82, 2.24) is 4.90 Å². The van der Waals surface area contributed by atoms with E-state index in [0.717, 1.165) is 30.0 Å². The van der Waals surface area contributed by atoms with Crippen molar-refractivity contribution in [3.8, 4) is 11.8 Å². The van der Waals surface area contributed by atoms with Crippen molar-refractivity contribution in [3.63, 3.8) is 0 Å². The molecule has 1 aliphatic rings. The van der Waals surface area contributed by atoms with E-state index in [-0.39, 0.29) is 17.3 Å². The third-order valence-corrected chi connectivity index (χ3v) is 4.80. The van der Waals surface area contributed by atoms with E-state index in [1.165, 1.54) is 0 Å². The van der Waals surface area contributed by atoms with Crippen LogP contribution in [0, 0.1) is 18.8 Å². The summed E-state index contributed by atoms with van der Waals surface area (Å²) >= 11 is 1.91. The van der Waals surface area contributed by atoms with Gasteiger partial charge in [-0.15, -0.1) is 0 Å². The van der Waals surface area contributed by atoms with E-state index in [0.29, 0.717) is 5.56 Å². The minimum Gasteiger partial charge on any atom is -0.384 e. The van der Waals surface area contributed by atoms with Gasteiger partial charge in [0.2, 0.25) is 0 Å². The molecule has 0 aromatic heterocycles. The molecule has 1 saturated heterocycles. The summed E-state index contributed by atoms with van der Waals surface area (Å²) in [6.45, 7) is 7.68. The second-order valence-electron chi connectivity index (χ2n) is 5.82. The van der Waals surface area contributed by atoms with Crippen LogP contribution in [0.25, 0.3) is 0 Å². The summed E-state index contributed by atoms with van der Waals surface area (Å²) in [7, 11) is 0. The first-order valence-electron chi connectivity index (χ1n) is 7.06. The SMILES string of the molecule is Cc1ccc(C(=O)N2CCSC(C)(C)C2)cc1C#CCO. The van der Waals surface area contributed by atoms with Gasteiger partial charge in [0.15, 0.2) is 0 Å². The first kappa shape index (κ1) is 15.9. The van der Waals surface area contributed by atoms with Crippen LogP contribution in [-0.4, -0.2) is 46.1 Å². The number of carbonyl (C=O) groups excluding carboxylic acids is 1. The van der Waals surface area contributed by atoms with Crippen LogP contribution >= 0.6 is 11.8 Å². The number of aliphatic hydroxyl groups excluding tert-OH is 1. The molecule has 1 aliphatic heterocycles. The Hall–Kier alpha value is -1.44. The maximum atomic E-state index is 12.6. The number of nitrogens with zero attached hydrogens (tertiary/aromatic N) is 1. The molecule has 0 bridgehead atoms. The molecule has 1 fully saturated rings. The van der Waals surface area contributed by atoms with E-state index in [9.17, 15) is 4.79 Å². The van der Waals surface area contributed by atoms with Crippen LogP contribution in [0.3, 0.4) is 0 Å². The maximum Gasteiger partial charge on any atom is 0.253 e. The Morgan fingerprint density at radius 3 is 2.90 bits per heavy atom. The number of carbonyl (C=O) groups is 1. The quantitative estimate of drug-likeness (QED) is 0.809. The lowest BCUT2D eigenvalue weighted by atomic mass is 10.0. The average Bonchev–Trinajstić information content (AvgIpc) is 2.44. The van der Waals surface area contributed by atoms with E-state index in [2.05, 4.69) is 25.7 Å². The van der Waals surface area contributed by atoms with Gasteiger partial charge in [0, 0.05) is 34.7 Å². The highest BCUT2D eigenvalue weighted by Crippen LogP contribution is 2.30. The van der Waals surface area contributed by atoms with Gasteiger partial charge in [-0.3, -0.25) is 4.79 Å². The molecule has 3 nitrogen and oxygen atoms in total. The van der Waals surface area contributed by atoms with Crippen LogP contribution in [0.2, 0.25) is 0 Å². The lowest BCUT2D eigenvalue weighted by Gasteiger charge is -2.37. The van der Waals surface area contributed by atoms with E-state index >= 15 is 0 Å². The van der Waals surface area contributed by atoms with E-state index in [1.807, 2.05) is 41.8 Å². The van der Waals surface area contributed by atoms with E-state index < -0.39 is 0 Å². The topological polar surface area (TPSA) is 40.5 Å². The van der Waals surface area contributed by atoms with E-state index in [4.69, 9.17) is 5.11 Å². The largest absolute Gasteiger partial charge is 0.384 e. The summed E-state index contributed by atoms with van der Waals surface area (Å²) in [4.78, 5) is 14.6. The fourth-order valence-corrected chi connectivity index (χ4v) is 3.51. The van der Waals surface area contributed by atoms with Crippen LogP contribution in [0.4, 0.5) is 0 Å². The molecule has 21 heavy (non-hydrogen) atoms. The lowest BCUT2D eigenvalue weighted by molar-refractivity contribution is 0.0748. The highest BCUT2D eigenvalue weighted by molar-refractivity contribution is 8.00. The van der Waals surface area contributed by atoms with Crippen LogP contribution in [0.15, 0.2) is 18.2 Å². The van der Waals surface area contributed by atoms with Crippen molar-refractivity contribution in [1.29, 1.82) is 0 Å². The summed E-state index contributed by atoms with van der Waals surface area (Å²) in [5, 5.41) is 8.81. The predicted molar refractivity (Wildman–Crippen MR) is 87.6 cm³/mol. The predicted octanol–water partition coefficient (Wildman–Crippen LogP) is 2.31. The molecule has 2 rings (SSSR count). The Kier molecular flexibility index (Phi) is 4.97. The molecular weight excluding hydrogens is 282 g/mol. The van der Waals surface area contributed by atoms with Crippen molar-refractivity contribution in [2.45, 2.75) is 25.5 Å². The van der Waals surface area contributed by atoms with Gasteiger partial charge in [-0.05, 0) is 38.5 Å². The Morgan fingerprint density at radius 1 is 1.48 bits per heavy atom. The van der Waals surface area contributed by atoms with Crippen molar-refractivity contribution >= 4 is 17.7 Å². The number of aryl methyl sites for hydroxylation is 1. The van der Waals surface area contributed by atoms with Gasteiger partial charge in [0.05, 0.1) is 0 Å².